The molecule has 1 heterocycles. The summed E-state index contributed by atoms with van der Waals surface area (Å²) in [6.07, 6.45) is 0.803. The number of rotatable bonds is 6. The van der Waals surface area contributed by atoms with Gasteiger partial charge < -0.3 is 0 Å². The average molecular weight is 296 g/mol. The van der Waals surface area contributed by atoms with Gasteiger partial charge in [0.2, 0.25) is 10.0 Å². The van der Waals surface area contributed by atoms with E-state index in [1.807, 2.05) is 20.8 Å². The highest BCUT2D eigenvalue weighted by Crippen LogP contribution is 2.27. The zero-order chi connectivity index (χ0) is 13.1. The first-order valence-electron chi connectivity index (χ1n) is 5.59. The molecule has 0 aliphatic carbocycles. The molecule has 17 heavy (non-hydrogen) atoms. The van der Waals surface area contributed by atoms with Gasteiger partial charge in [0.25, 0.3) is 0 Å². The van der Waals surface area contributed by atoms with Crippen LogP contribution in [0.3, 0.4) is 0 Å². The summed E-state index contributed by atoms with van der Waals surface area (Å²) >= 11 is 7.15. The number of alkyl halides is 1. The molecule has 0 aliphatic rings. The van der Waals surface area contributed by atoms with Crippen LogP contribution in [0.2, 0.25) is 0 Å². The zero-order valence-corrected chi connectivity index (χ0v) is 12.7. The maximum Gasteiger partial charge on any atom is 0.244 e. The molecule has 0 atom stereocenters. The zero-order valence-electron chi connectivity index (χ0n) is 10.3. The van der Waals surface area contributed by atoms with Crippen LogP contribution in [0.5, 0.6) is 0 Å². The first-order valence-corrected chi connectivity index (χ1v) is 8.44. The normalized spacial score (nSPS) is 12.6. The van der Waals surface area contributed by atoms with E-state index in [4.69, 9.17) is 11.6 Å². The van der Waals surface area contributed by atoms with Gasteiger partial charge >= 0.3 is 0 Å². The molecule has 0 amide bonds. The predicted molar refractivity (Wildman–Crippen MR) is 73.2 cm³/mol. The van der Waals surface area contributed by atoms with Crippen molar-refractivity contribution in [2.24, 2.45) is 0 Å². The molecule has 0 aromatic carbocycles. The van der Waals surface area contributed by atoms with Gasteiger partial charge in [-0.05, 0) is 31.7 Å². The summed E-state index contributed by atoms with van der Waals surface area (Å²) in [6, 6.07) is 1.60. The topological polar surface area (TPSA) is 37.4 Å². The minimum absolute atomic E-state index is 0.0389. The minimum Gasteiger partial charge on any atom is -0.207 e. The van der Waals surface area contributed by atoms with E-state index in [-0.39, 0.29) is 11.9 Å². The fourth-order valence-corrected chi connectivity index (χ4v) is 5.06. The van der Waals surface area contributed by atoms with Gasteiger partial charge in [-0.2, -0.15) is 4.31 Å². The molecular formula is C11H18ClNO2S2. The van der Waals surface area contributed by atoms with Gasteiger partial charge in [-0.3, -0.25) is 0 Å². The van der Waals surface area contributed by atoms with Crippen LogP contribution >= 0.6 is 22.9 Å². The molecule has 1 rings (SSSR count). The number of halogens is 1. The highest BCUT2D eigenvalue weighted by Gasteiger charge is 2.28. The van der Waals surface area contributed by atoms with Crippen molar-refractivity contribution in [3.63, 3.8) is 0 Å². The number of sulfonamides is 1. The third kappa shape index (κ3) is 3.22. The van der Waals surface area contributed by atoms with E-state index < -0.39 is 10.0 Å². The number of hydrogen-bond acceptors (Lipinski definition) is 3. The second kappa shape index (κ2) is 6.18. The maximum atomic E-state index is 12.5. The summed E-state index contributed by atoms with van der Waals surface area (Å²) in [7, 11) is -3.40. The second-order valence-electron chi connectivity index (χ2n) is 4.05. The fourth-order valence-electron chi connectivity index (χ4n) is 1.66. The highest BCUT2D eigenvalue weighted by molar-refractivity contribution is 7.89. The highest BCUT2D eigenvalue weighted by atomic mass is 35.5. The first kappa shape index (κ1) is 15.0. The van der Waals surface area contributed by atoms with Crippen molar-refractivity contribution in [1.82, 2.24) is 4.31 Å². The molecule has 3 nitrogen and oxygen atoms in total. The molecule has 0 N–H and O–H groups in total. The summed E-state index contributed by atoms with van der Waals surface area (Å²) in [4.78, 5) is 1.08. The molecule has 1 aromatic rings. The van der Waals surface area contributed by atoms with Crippen molar-refractivity contribution < 1.29 is 8.42 Å². The van der Waals surface area contributed by atoms with Gasteiger partial charge in [0, 0.05) is 17.5 Å². The largest absolute Gasteiger partial charge is 0.244 e. The van der Waals surface area contributed by atoms with Crippen LogP contribution in [0, 0.1) is 0 Å². The molecule has 98 valence electrons. The van der Waals surface area contributed by atoms with Gasteiger partial charge in [0.1, 0.15) is 0 Å². The van der Waals surface area contributed by atoms with E-state index in [0.717, 1.165) is 6.42 Å². The Hall–Kier alpha value is -0.100. The summed E-state index contributed by atoms with van der Waals surface area (Å²) in [5.41, 5.74) is 0. The Kier molecular flexibility index (Phi) is 5.44. The smallest absolute Gasteiger partial charge is 0.207 e. The summed E-state index contributed by atoms with van der Waals surface area (Å²) in [6.45, 7) is 6.29. The van der Waals surface area contributed by atoms with Crippen molar-refractivity contribution in [1.29, 1.82) is 0 Å². The summed E-state index contributed by atoms with van der Waals surface area (Å²) in [5, 5.41) is 1.77. The Morgan fingerprint density at radius 3 is 2.59 bits per heavy atom. The lowest BCUT2D eigenvalue weighted by atomic mass is 10.4. The fraction of sp³-hybridized carbons (Fsp3) is 0.636. The lowest BCUT2D eigenvalue weighted by Crippen LogP contribution is -2.37. The van der Waals surface area contributed by atoms with E-state index in [1.54, 1.807) is 11.4 Å². The Morgan fingerprint density at radius 1 is 1.47 bits per heavy atom. The van der Waals surface area contributed by atoms with E-state index in [9.17, 15) is 8.42 Å². The second-order valence-corrected chi connectivity index (χ2v) is 7.18. The Bertz CT molecular complexity index is 454. The van der Waals surface area contributed by atoms with Crippen LogP contribution in [-0.2, 0) is 15.9 Å². The predicted octanol–water partition coefficient (Wildman–Crippen LogP) is 3.30. The molecule has 0 radical (unpaired) electrons. The van der Waals surface area contributed by atoms with Crippen molar-refractivity contribution in [3.05, 3.63) is 16.3 Å². The SMILES string of the molecule is CCCN(C(C)C)S(=O)(=O)c1ccsc1CCl. The first-order chi connectivity index (χ1) is 7.95. The minimum atomic E-state index is -3.40. The third-order valence-corrected chi connectivity index (χ3v) is 6.07. The molecule has 0 unspecified atom stereocenters. The van der Waals surface area contributed by atoms with E-state index in [2.05, 4.69) is 0 Å². The van der Waals surface area contributed by atoms with Crippen molar-refractivity contribution >= 4 is 33.0 Å². The van der Waals surface area contributed by atoms with Crippen LogP contribution in [0.15, 0.2) is 16.3 Å². The molecule has 0 aliphatic heterocycles. The van der Waals surface area contributed by atoms with Crippen LogP contribution in [0.25, 0.3) is 0 Å². The van der Waals surface area contributed by atoms with Gasteiger partial charge in [-0.1, -0.05) is 6.92 Å². The van der Waals surface area contributed by atoms with E-state index >= 15 is 0 Å². The van der Waals surface area contributed by atoms with Gasteiger partial charge in [0.15, 0.2) is 0 Å². The monoisotopic (exact) mass is 295 g/mol. The van der Waals surface area contributed by atoms with Crippen molar-refractivity contribution in [3.8, 4) is 0 Å². The van der Waals surface area contributed by atoms with E-state index in [1.165, 1.54) is 15.6 Å². The number of hydrogen-bond donors (Lipinski definition) is 0. The van der Waals surface area contributed by atoms with Crippen LogP contribution in [-0.4, -0.2) is 25.3 Å². The molecule has 6 heteroatoms. The maximum absolute atomic E-state index is 12.5. The Morgan fingerprint density at radius 2 is 2.12 bits per heavy atom. The van der Waals surface area contributed by atoms with Gasteiger partial charge in [0.05, 0.1) is 10.8 Å². The third-order valence-electron chi connectivity index (χ3n) is 2.43. The molecule has 0 saturated heterocycles. The quantitative estimate of drug-likeness (QED) is 0.755. The van der Waals surface area contributed by atoms with Gasteiger partial charge in [-0.15, -0.1) is 22.9 Å². The molecule has 0 spiro atoms. The summed E-state index contributed by atoms with van der Waals surface area (Å²) in [5.74, 6) is 0.240. The Labute approximate surface area is 112 Å². The molecule has 0 bridgehead atoms. The van der Waals surface area contributed by atoms with Crippen LogP contribution < -0.4 is 0 Å². The molecule has 0 saturated carbocycles. The summed E-state index contributed by atoms with van der Waals surface area (Å²) < 4.78 is 26.5. The standard InChI is InChI=1S/C11H18ClNO2S2/c1-4-6-13(9(2)3)17(14,15)11-5-7-16-10(11)8-12/h5,7,9H,4,6,8H2,1-3H3. The number of thiophene rings is 1. The molecule has 0 fully saturated rings. The molecular weight excluding hydrogens is 278 g/mol. The average Bonchev–Trinajstić information content (AvgIpc) is 2.73. The Balaban J connectivity index is 3.16. The lowest BCUT2D eigenvalue weighted by Gasteiger charge is -2.25. The number of nitrogens with zero attached hydrogens (tertiary/aromatic N) is 1. The van der Waals surface area contributed by atoms with Crippen molar-refractivity contribution in [2.45, 2.75) is 44.0 Å². The van der Waals surface area contributed by atoms with Crippen molar-refractivity contribution in [2.75, 3.05) is 6.54 Å². The van der Waals surface area contributed by atoms with E-state index in [0.29, 0.717) is 16.3 Å². The lowest BCUT2D eigenvalue weighted by molar-refractivity contribution is 0.354. The van der Waals surface area contributed by atoms with Crippen LogP contribution in [0.4, 0.5) is 0 Å². The van der Waals surface area contributed by atoms with Gasteiger partial charge in [-0.25, -0.2) is 8.42 Å². The van der Waals surface area contributed by atoms with Crippen LogP contribution in [0.1, 0.15) is 32.1 Å². The molecule has 1 aromatic heterocycles.